The second kappa shape index (κ2) is 1.34. The van der Waals surface area contributed by atoms with Crippen LogP contribution in [0.4, 0.5) is 0 Å². The topological polar surface area (TPSA) is 17.1 Å². The Morgan fingerprint density at radius 3 is 2.29 bits per heavy atom. The maximum Gasteiger partial charge on any atom is 0.185 e. The smallest absolute Gasteiger partial charge is 0.185 e. The minimum atomic E-state index is 0.155. The first-order valence-electron chi connectivity index (χ1n) is 2.23. The molecule has 7 heavy (non-hydrogen) atoms. The summed E-state index contributed by atoms with van der Waals surface area (Å²) < 4.78 is 0. The molecule has 0 N–H and O–H groups in total. The van der Waals surface area contributed by atoms with Crippen LogP contribution >= 0.6 is 0 Å². The fourth-order valence-electron chi connectivity index (χ4n) is 0.486. The van der Waals surface area contributed by atoms with Crippen LogP contribution in [0.15, 0.2) is 23.8 Å². The van der Waals surface area contributed by atoms with Gasteiger partial charge < -0.3 is 0 Å². The number of carbonyl (C=O) groups excluding carboxylic acids is 1. The van der Waals surface area contributed by atoms with Crippen LogP contribution in [0.1, 0.15) is 6.92 Å². The molecule has 1 nitrogen and oxygen atoms in total. The summed E-state index contributed by atoms with van der Waals surface area (Å²) in [5, 5.41) is 0. The van der Waals surface area contributed by atoms with Crippen LogP contribution in [-0.4, -0.2) is 5.78 Å². The number of hydrogen-bond acceptors (Lipinski definition) is 1. The van der Waals surface area contributed by atoms with Crippen LogP contribution in [0.25, 0.3) is 0 Å². The highest BCUT2D eigenvalue weighted by atomic mass is 16.1. The first kappa shape index (κ1) is 4.31. The van der Waals surface area contributed by atoms with Gasteiger partial charge in [0.25, 0.3) is 0 Å². The summed E-state index contributed by atoms with van der Waals surface area (Å²) >= 11 is 0. The molecule has 0 aromatic rings. The Morgan fingerprint density at radius 2 is 2.29 bits per heavy atom. The fourth-order valence-corrected chi connectivity index (χ4v) is 0.486. The van der Waals surface area contributed by atoms with Crippen molar-refractivity contribution in [1.29, 1.82) is 0 Å². The molecule has 0 saturated heterocycles. The van der Waals surface area contributed by atoms with Crippen LogP contribution in [0.2, 0.25) is 0 Å². The lowest BCUT2D eigenvalue weighted by Crippen LogP contribution is -2.03. The highest BCUT2D eigenvalue weighted by Gasteiger charge is 2.08. The van der Waals surface area contributed by atoms with Crippen molar-refractivity contribution >= 4 is 5.78 Å². The van der Waals surface area contributed by atoms with E-state index in [-0.39, 0.29) is 5.78 Å². The maximum absolute atomic E-state index is 10.3. The Morgan fingerprint density at radius 1 is 1.57 bits per heavy atom. The summed E-state index contributed by atoms with van der Waals surface area (Å²) in [4.78, 5) is 10.3. The average molecular weight is 94.1 g/mol. The van der Waals surface area contributed by atoms with E-state index in [4.69, 9.17) is 0 Å². The Labute approximate surface area is 42.3 Å². The standard InChI is InChI=1S/C6H6O/c1-2-5-3-4-6(5)7/h2-4H,1H3. The van der Waals surface area contributed by atoms with E-state index in [0.29, 0.717) is 0 Å². The molecule has 0 aromatic carbocycles. The summed E-state index contributed by atoms with van der Waals surface area (Å²) in [6.45, 7) is 1.86. The van der Waals surface area contributed by atoms with E-state index in [9.17, 15) is 4.79 Å². The van der Waals surface area contributed by atoms with Gasteiger partial charge in [0.15, 0.2) is 5.78 Å². The van der Waals surface area contributed by atoms with Gasteiger partial charge in [-0.1, -0.05) is 6.08 Å². The fraction of sp³-hybridized carbons (Fsp3) is 0.167. The van der Waals surface area contributed by atoms with Crippen LogP contribution in [0.3, 0.4) is 0 Å². The quantitative estimate of drug-likeness (QED) is 0.410. The van der Waals surface area contributed by atoms with E-state index in [1.807, 2.05) is 19.1 Å². The van der Waals surface area contributed by atoms with Crippen LogP contribution < -0.4 is 0 Å². The average Bonchev–Trinajstić information content (AvgIpc) is 1.65. The molecule has 0 fully saturated rings. The van der Waals surface area contributed by atoms with Crippen molar-refractivity contribution < 1.29 is 4.79 Å². The molecule has 36 valence electrons. The molecule has 1 heteroatoms. The first-order valence-corrected chi connectivity index (χ1v) is 2.23. The Hall–Kier alpha value is -0.850. The van der Waals surface area contributed by atoms with Gasteiger partial charge >= 0.3 is 0 Å². The van der Waals surface area contributed by atoms with Crippen molar-refractivity contribution in [3.8, 4) is 0 Å². The van der Waals surface area contributed by atoms with Crippen molar-refractivity contribution in [2.75, 3.05) is 0 Å². The third-order valence-electron chi connectivity index (χ3n) is 1.01. The Bertz CT molecular complexity index is 152. The predicted molar refractivity (Wildman–Crippen MR) is 27.9 cm³/mol. The molecule has 0 amide bonds. The lowest BCUT2D eigenvalue weighted by molar-refractivity contribution is -0.111. The van der Waals surface area contributed by atoms with Crippen molar-refractivity contribution in [3.63, 3.8) is 0 Å². The molecule has 0 bridgehead atoms. The lowest BCUT2D eigenvalue weighted by atomic mass is 10.0. The summed E-state index contributed by atoms with van der Waals surface area (Å²) in [6.07, 6.45) is 5.18. The van der Waals surface area contributed by atoms with Crippen molar-refractivity contribution in [2.24, 2.45) is 0 Å². The molecule has 0 atom stereocenters. The third kappa shape index (κ3) is 0.496. The number of carbonyl (C=O) groups is 1. The van der Waals surface area contributed by atoms with E-state index in [1.54, 1.807) is 6.08 Å². The molecule has 0 saturated carbocycles. The number of allylic oxidation sites excluding steroid dienone is 4. The highest BCUT2D eigenvalue weighted by Crippen LogP contribution is 2.08. The summed E-state index contributed by atoms with van der Waals surface area (Å²) in [7, 11) is 0. The van der Waals surface area contributed by atoms with E-state index >= 15 is 0 Å². The second-order valence-electron chi connectivity index (χ2n) is 1.44. The summed E-state index contributed by atoms with van der Waals surface area (Å²) in [6, 6.07) is 0. The van der Waals surface area contributed by atoms with Crippen molar-refractivity contribution in [3.05, 3.63) is 23.8 Å². The second-order valence-corrected chi connectivity index (χ2v) is 1.44. The molecule has 0 aromatic heterocycles. The zero-order valence-corrected chi connectivity index (χ0v) is 4.14. The monoisotopic (exact) mass is 94.0 g/mol. The largest absolute Gasteiger partial charge is 0.289 e. The van der Waals surface area contributed by atoms with Gasteiger partial charge in [0.1, 0.15) is 0 Å². The maximum atomic E-state index is 10.3. The van der Waals surface area contributed by atoms with E-state index in [1.165, 1.54) is 0 Å². The number of ketones is 1. The molecular weight excluding hydrogens is 88.1 g/mol. The molecule has 1 aliphatic carbocycles. The normalized spacial score (nSPS) is 23.0. The zero-order valence-electron chi connectivity index (χ0n) is 4.14. The molecular formula is C6H6O. The van der Waals surface area contributed by atoms with Gasteiger partial charge in [-0.15, -0.1) is 0 Å². The lowest BCUT2D eigenvalue weighted by Gasteiger charge is -2.01. The molecule has 0 aliphatic heterocycles. The first-order chi connectivity index (χ1) is 3.34. The molecule has 0 radical (unpaired) electrons. The SMILES string of the molecule is CC=C1C=CC1=O. The van der Waals surface area contributed by atoms with Gasteiger partial charge in [0.2, 0.25) is 0 Å². The molecule has 1 rings (SSSR count). The van der Waals surface area contributed by atoms with Gasteiger partial charge in [-0.05, 0) is 19.1 Å². The van der Waals surface area contributed by atoms with Gasteiger partial charge in [-0.25, -0.2) is 0 Å². The molecule has 0 spiro atoms. The van der Waals surface area contributed by atoms with Crippen molar-refractivity contribution in [1.82, 2.24) is 0 Å². The van der Waals surface area contributed by atoms with E-state index in [2.05, 4.69) is 0 Å². The van der Waals surface area contributed by atoms with Crippen molar-refractivity contribution in [2.45, 2.75) is 6.92 Å². The molecule has 1 aliphatic rings. The summed E-state index contributed by atoms with van der Waals surface area (Å²) in [5.41, 5.74) is 0.833. The minimum absolute atomic E-state index is 0.155. The van der Waals surface area contributed by atoms with Crippen LogP contribution in [0, 0.1) is 0 Å². The number of rotatable bonds is 0. The molecule has 0 heterocycles. The molecule has 0 unspecified atom stereocenters. The van der Waals surface area contributed by atoms with Gasteiger partial charge in [0, 0.05) is 5.57 Å². The van der Waals surface area contributed by atoms with E-state index in [0.717, 1.165) is 5.57 Å². The Kier molecular flexibility index (Phi) is 0.823. The van der Waals surface area contributed by atoms with Gasteiger partial charge in [0.05, 0.1) is 0 Å². The predicted octanol–water partition coefficient (Wildman–Crippen LogP) is 1.07. The van der Waals surface area contributed by atoms with Crippen LogP contribution in [0.5, 0.6) is 0 Å². The Balaban J connectivity index is 2.85. The zero-order chi connectivity index (χ0) is 5.28. The van der Waals surface area contributed by atoms with Crippen LogP contribution in [-0.2, 0) is 4.79 Å². The number of hydrogen-bond donors (Lipinski definition) is 0. The van der Waals surface area contributed by atoms with Gasteiger partial charge in [-0.2, -0.15) is 0 Å². The third-order valence-corrected chi connectivity index (χ3v) is 1.01. The van der Waals surface area contributed by atoms with E-state index < -0.39 is 0 Å². The summed E-state index contributed by atoms with van der Waals surface area (Å²) in [5.74, 6) is 0.155. The minimum Gasteiger partial charge on any atom is -0.289 e. The van der Waals surface area contributed by atoms with Gasteiger partial charge in [-0.3, -0.25) is 4.79 Å². The highest BCUT2D eigenvalue weighted by molar-refractivity contribution is 6.13.